The lowest BCUT2D eigenvalue weighted by Gasteiger charge is -2.40. The summed E-state index contributed by atoms with van der Waals surface area (Å²) in [6, 6.07) is 31.9. The van der Waals surface area contributed by atoms with E-state index < -0.39 is 0 Å². The summed E-state index contributed by atoms with van der Waals surface area (Å²) in [6.07, 6.45) is 1.94. The third-order valence-corrected chi connectivity index (χ3v) is 6.09. The molecule has 1 aliphatic heterocycles. The van der Waals surface area contributed by atoms with Crippen molar-refractivity contribution in [2.45, 2.75) is 32.0 Å². The molecule has 30 heavy (non-hydrogen) atoms. The summed E-state index contributed by atoms with van der Waals surface area (Å²) in [4.78, 5) is 17.6. The number of hydrogen-bond donors (Lipinski definition) is 0. The molecule has 3 aromatic carbocycles. The van der Waals surface area contributed by atoms with Gasteiger partial charge in [0.2, 0.25) is 5.91 Å². The van der Waals surface area contributed by atoms with Crippen molar-refractivity contribution in [3.63, 3.8) is 0 Å². The van der Waals surface area contributed by atoms with Crippen LogP contribution < -0.4 is 0 Å². The third-order valence-electron chi connectivity index (χ3n) is 6.09. The van der Waals surface area contributed by atoms with E-state index in [1.807, 2.05) is 30.1 Å². The van der Waals surface area contributed by atoms with Gasteiger partial charge in [0.15, 0.2) is 0 Å². The largest absolute Gasteiger partial charge is 0.341 e. The summed E-state index contributed by atoms with van der Waals surface area (Å²) in [5, 5.41) is 0. The second-order valence-electron chi connectivity index (χ2n) is 8.30. The van der Waals surface area contributed by atoms with Crippen LogP contribution in [0.25, 0.3) is 0 Å². The SMILES string of the molecule is CN(Cc1ccccc1)C(=O)C1CCC(c2ccccc2)N(Cc2ccccc2)C1. The van der Waals surface area contributed by atoms with Gasteiger partial charge in [0.1, 0.15) is 0 Å². The van der Waals surface area contributed by atoms with E-state index in [1.54, 1.807) is 0 Å². The second kappa shape index (κ2) is 9.73. The number of amides is 1. The van der Waals surface area contributed by atoms with Gasteiger partial charge >= 0.3 is 0 Å². The minimum Gasteiger partial charge on any atom is -0.341 e. The Hall–Kier alpha value is -2.91. The molecule has 0 aliphatic carbocycles. The molecular weight excluding hydrogens is 368 g/mol. The molecule has 0 spiro atoms. The van der Waals surface area contributed by atoms with Gasteiger partial charge in [-0.15, -0.1) is 0 Å². The lowest BCUT2D eigenvalue weighted by molar-refractivity contribution is -0.137. The first-order valence-electron chi connectivity index (χ1n) is 10.8. The molecule has 0 N–H and O–H groups in total. The highest BCUT2D eigenvalue weighted by Gasteiger charge is 2.34. The summed E-state index contributed by atoms with van der Waals surface area (Å²) in [5.41, 5.74) is 3.81. The lowest BCUT2D eigenvalue weighted by Crippen LogP contribution is -2.44. The molecule has 154 valence electrons. The molecule has 2 unspecified atom stereocenters. The summed E-state index contributed by atoms with van der Waals surface area (Å²) in [5.74, 6) is 0.297. The quantitative estimate of drug-likeness (QED) is 0.563. The Morgan fingerprint density at radius 1 is 0.833 bits per heavy atom. The third kappa shape index (κ3) is 4.98. The van der Waals surface area contributed by atoms with Crippen molar-refractivity contribution < 1.29 is 4.79 Å². The van der Waals surface area contributed by atoms with Gasteiger partial charge in [-0.05, 0) is 29.5 Å². The van der Waals surface area contributed by atoms with E-state index >= 15 is 0 Å². The predicted molar refractivity (Wildman–Crippen MR) is 122 cm³/mol. The molecular formula is C27H30N2O. The molecule has 3 nitrogen and oxygen atoms in total. The standard InChI is InChI=1S/C27H30N2O/c1-28(19-22-11-5-2-6-12-22)27(30)25-17-18-26(24-15-9-4-10-16-24)29(21-25)20-23-13-7-3-8-14-23/h2-16,25-26H,17-21H2,1H3. The van der Waals surface area contributed by atoms with Gasteiger partial charge in [-0.2, -0.15) is 0 Å². The highest BCUT2D eigenvalue weighted by Crippen LogP contribution is 2.35. The highest BCUT2D eigenvalue weighted by atomic mass is 16.2. The van der Waals surface area contributed by atoms with E-state index in [9.17, 15) is 4.79 Å². The Morgan fingerprint density at radius 2 is 1.40 bits per heavy atom. The van der Waals surface area contributed by atoms with Gasteiger partial charge in [0.25, 0.3) is 0 Å². The molecule has 1 amide bonds. The number of benzene rings is 3. The highest BCUT2D eigenvalue weighted by molar-refractivity contribution is 5.79. The molecule has 1 aliphatic rings. The number of carbonyl (C=O) groups excluding carboxylic acids is 1. The van der Waals surface area contributed by atoms with E-state index in [1.165, 1.54) is 16.7 Å². The van der Waals surface area contributed by atoms with Crippen LogP contribution >= 0.6 is 0 Å². The summed E-state index contributed by atoms with van der Waals surface area (Å²) in [7, 11) is 1.93. The van der Waals surface area contributed by atoms with Crippen LogP contribution in [0, 0.1) is 5.92 Å². The number of likely N-dealkylation sites (tertiary alicyclic amines) is 1. The fraction of sp³-hybridized carbons (Fsp3) is 0.296. The van der Waals surface area contributed by atoms with Crippen molar-refractivity contribution in [2.24, 2.45) is 5.92 Å². The van der Waals surface area contributed by atoms with Crippen LogP contribution in [-0.4, -0.2) is 29.3 Å². The van der Waals surface area contributed by atoms with E-state index in [2.05, 4.69) is 77.7 Å². The molecule has 1 heterocycles. The van der Waals surface area contributed by atoms with Gasteiger partial charge in [-0.1, -0.05) is 91.0 Å². The topological polar surface area (TPSA) is 23.6 Å². The molecule has 4 rings (SSSR count). The predicted octanol–water partition coefficient (Wildman–Crippen LogP) is 5.30. The maximum absolute atomic E-state index is 13.2. The van der Waals surface area contributed by atoms with Crippen LogP contribution in [0.15, 0.2) is 91.0 Å². The Morgan fingerprint density at radius 3 is 2.03 bits per heavy atom. The molecule has 0 bridgehead atoms. The van der Waals surface area contributed by atoms with E-state index in [0.717, 1.165) is 25.9 Å². The lowest BCUT2D eigenvalue weighted by atomic mass is 9.87. The van der Waals surface area contributed by atoms with Crippen molar-refractivity contribution in [1.29, 1.82) is 0 Å². The Kier molecular flexibility index (Phi) is 6.60. The molecule has 0 radical (unpaired) electrons. The van der Waals surface area contributed by atoms with Crippen molar-refractivity contribution >= 4 is 5.91 Å². The fourth-order valence-electron chi connectivity index (χ4n) is 4.54. The van der Waals surface area contributed by atoms with E-state index in [4.69, 9.17) is 0 Å². The number of nitrogens with zero attached hydrogens (tertiary/aromatic N) is 2. The zero-order chi connectivity index (χ0) is 20.8. The van der Waals surface area contributed by atoms with Crippen molar-refractivity contribution in [2.75, 3.05) is 13.6 Å². The second-order valence-corrected chi connectivity index (χ2v) is 8.30. The van der Waals surface area contributed by atoms with Gasteiger partial charge in [0, 0.05) is 32.7 Å². The first kappa shape index (κ1) is 20.4. The number of hydrogen-bond acceptors (Lipinski definition) is 2. The Balaban J connectivity index is 1.49. The van der Waals surface area contributed by atoms with Gasteiger partial charge < -0.3 is 4.90 Å². The van der Waals surface area contributed by atoms with Crippen molar-refractivity contribution in [3.05, 3.63) is 108 Å². The average Bonchev–Trinajstić information content (AvgIpc) is 2.80. The molecule has 0 aromatic heterocycles. The van der Waals surface area contributed by atoms with Crippen molar-refractivity contribution in [3.8, 4) is 0 Å². The van der Waals surface area contributed by atoms with Gasteiger partial charge in [0.05, 0.1) is 5.92 Å². The van der Waals surface area contributed by atoms with Gasteiger partial charge in [-0.25, -0.2) is 0 Å². The fourth-order valence-corrected chi connectivity index (χ4v) is 4.54. The molecule has 2 atom stereocenters. The first-order chi connectivity index (χ1) is 14.7. The number of rotatable bonds is 6. The Bertz CT molecular complexity index is 927. The zero-order valence-corrected chi connectivity index (χ0v) is 17.7. The maximum atomic E-state index is 13.2. The van der Waals surface area contributed by atoms with Crippen LogP contribution in [0.1, 0.15) is 35.6 Å². The van der Waals surface area contributed by atoms with Crippen LogP contribution in [0.4, 0.5) is 0 Å². The molecule has 1 saturated heterocycles. The number of piperidine rings is 1. The summed E-state index contributed by atoms with van der Waals surface area (Å²) < 4.78 is 0. The molecule has 3 aromatic rings. The van der Waals surface area contributed by atoms with Crippen LogP contribution in [0.5, 0.6) is 0 Å². The monoisotopic (exact) mass is 398 g/mol. The molecule has 3 heteroatoms. The summed E-state index contributed by atoms with van der Waals surface area (Å²) >= 11 is 0. The van der Waals surface area contributed by atoms with Gasteiger partial charge in [-0.3, -0.25) is 9.69 Å². The Labute approximate surface area is 180 Å². The van der Waals surface area contributed by atoms with E-state index in [-0.39, 0.29) is 11.8 Å². The van der Waals surface area contributed by atoms with Crippen LogP contribution in [-0.2, 0) is 17.9 Å². The van der Waals surface area contributed by atoms with Crippen molar-refractivity contribution in [1.82, 2.24) is 9.80 Å². The minimum atomic E-state index is 0.0439. The molecule has 1 fully saturated rings. The average molecular weight is 399 g/mol. The van der Waals surface area contributed by atoms with Crippen LogP contribution in [0.3, 0.4) is 0 Å². The first-order valence-corrected chi connectivity index (χ1v) is 10.8. The minimum absolute atomic E-state index is 0.0439. The summed E-state index contributed by atoms with van der Waals surface area (Å²) in [6.45, 7) is 2.33. The smallest absolute Gasteiger partial charge is 0.227 e. The normalized spacial score (nSPS) is 19.4. The molecule has 0 saturated carbocycles. The van der Waals surface area contributed by atoms with Crippen LogP contribution in [0.2, 0.25) is 0 Å². The van der Waals surface area contributed by atoms with E-state index in [0.29, 0.717) is 12.6 Å². The zero-order valence-electron chi connectivity index (χ0n) is 17.7. The number of carbonyl (C=O) groups is 1. The maximum Gasteiger partial charge on any atom is 0.227 e.